The van der Waals surface area contributed by atoms with Gasteiger partial charge in [-0.05, 0) is 84.5 Å². The molecule has 0 fully saturated rings. The first-order valence-corrected chi connectivity index (χ1v) is 19.9. The van der Waals surface area contributed by atoms with Crippen molar-refractivity contribution in [2.75, 3.05) is 19.8 Å². The summed E-state index contributed by atoms with van der Waals surface area (Å²) in [5, 5.41) is 10.0. The van der Waals surface area contributed by atoms with Crippen LogP contribution in [0.4, 0.5) is 0 Å². The molecule has 4 aromatic rings. The molecule has 0 aliphatic rings. The summed E-state index contributed by atoms with van der Waals surface area (Å²) >= 11 is 0. The Morgan fingerprint density at radius 2 is 0.778 bits per heavy atom. The van der Waals surface area contributed by atoms with Gasteiger partial charge in [0.25, 0.3) is 0 Å². The van der Waals surface area contributed by atoms with Crippen molar-refractivity contribution in [2.24, 2.45) is 0 Å². The van der Waals surface area contributed by atoms with Crippen molar-refractivity contribution >= 4 is 5.97 Å². The molecule has 0 heterocycles. The molecule has 0 saturated carbocycles. The van der Waals surface area contributed by atoms with Gasteiger partial charge in [0.2, 0.25) is 5.75 Å². The average molecular weight is 741 g/mol. The number of ether oxygens (including phenoxy) is 6. The fraction of sp³-hybridized carbons (Fsp3) is 0.457. The van der Waals surface area contributed by atoms with Crippen LogP contribution < -0.4 is 28.4 Å². The van der Waals surface area contributed by atoms with E-state index in [1.165, 1.54) is 50.7 Å². The SMILES string of the molecule is CCCCCCOc1ccc(COc2cc(C(=O)O)cc(OCc3ccc(OCCCCCC)cc3)c2OCc2ccc(OCCCCCC)cc2)cc1. The predicted molar refractivity (Wildman–Crippen MR) is 215 cm³/mol. The smallest absolute Gasteiger partial charge is 0.335 e. The summed E-state index contributed by atoms with van der Waals surface area (Å²) in [5.41, 5.74) is 2.76. The molecule has 0 aliphatic carbocycles. The molecule has 0 saturated heterocycles. The highest BCUT2D eigenvalue weighted by molar-refractivity contribution is 5.89. The molecule has 0 amide bonds. The number of carbonyl (C=O) groups is 1. The minimum atomic E-state index is -1.09. The Labute approximate surface area is 322 Å². The highest BCUT2D eigenvalue weighted by atomic mass is 16.5. The van der Waals surface area contributed by atoms with Gasteiger partial charge in [0.05, 0.1) is 25.4 Å². The van der Waals surface area contributed by atoms with Gasteiger partial charge in [-0.3, -0.25) is 0 Å². The molecule has 4 aromatic carbocycles. The lowest BCUT2D eigenvalue weighted by molar-refractivity contribution is 0.0695. The Morgan fingerprint density at radius 1 is 0.444 bits per heavy atom. The maximum Gasteiger partial charge on any atom is 0.335 e. The zero-order valence-electron chi connectivity index (χ0n) is 32.6. The fourth-order valence-corrected chi connectivity index (χ4v) is 5.74. The third kappa shape index (κ3) is 15.2. The van der Waals surface area contributed by atoms with E-state index in [1.54, 1.807) is 0 Å². The molecule has 0 aliphatic heterocycles. The first-order valence-electron chi connectivity index (χ1n) is 19.9. The Hall–Kier alpha value is -4.85. The van der Waals surface area contributed by atoms with Crippen LogP contribution in [-0.4, -0.2) is 30.9 Å². The van der Waals surface area contributed by atoms with Crippen LogP contribution in [-0.2, 0) is 19.8 Å². The molecular formula is C46H60O8. The predicted octanol–water partition coefficient (Wildman–Crippen LogP) is 12.0. The number of carboxylic acids is 1. The molecule has 0 unspecified atom stereocenters. The Balaban J connectivity index is 1.48. The molecule has 8 heteroatoms. The number of hydrogen-bond acceptors (Lipinski definition) is 7. The van der Waals surface area contributed by atoms with Crippen LogP contribution in [0.1, 0.15) is 125 Å². The number of rotatable bonds is 28. The largest absolute Gasteiger partial charge is 0.494 e. The fourth-order valence-electron chi connectivity index (χ4n) is 5.74. The monoisotopic (exact) mass is 740 g/mol. The molecule has 0 bridgehead atoms. The van der Waals surface area contributed by atoms with E-state index < -0.39 is 5.97 Å². The third-order valence-electron chi connectivity index (χ3n) is 9.01. The summed E-state index contributed by atoms with van der Waals surface area (Å²) in [6.07, 6.45) is 13.8. The molecule has 292 valence electrons. The van der Waals surface area contributed by atoms with E-state index in [0.29, 0.717) is 25.6 Å². The molecule has 0 spiro atoms. The van der Waals surface area contributed by atoms with E-state index in [1.807, 2.05) is 72.8 Å². The summed E-state index contributed by atoms with van der Waals surface area (Å²) in [6, 6.07) is 26.3. The number of carboxylic acid groups (broad SMARTS) is 1. The van der Waals surface area contributed by atoms with Crippen molar-refractivity contribution in [3.63, 3.8) is 0 Å². The van der Waals surface area contributed by atoms with Gasteiger partial charge in [0.15, 0.2) is 11.5 Å². The third-order valence-corrected chi connectivity index (χ3v) is 9.01. The second kappa shape index (κ2) is 24.5. The Morgan fingerprint density at radius 3 is 1.09 bits per heavy atom. The molecular weight excluding hydrogens is 680 g/mol. The Kier molecular flexibility index (Phi) is 19.0. The number of aromatic carboxylic acids is 1. The summed E-state index contributed by atoms with van der Waals surface area (Å²) in [4.78, 5) is 12.3. The number of hydrogen-bond donors (Lipinski definition) is 1. The molecule has 54 heavy (non-hydrogen) atoms. The van der Waals surface area contributed by atoms with Crippen molar-refractivity contribution in [3.05, 3.63) is 107 Å². The molecule has 0 atom stereocenters. The normalized spacial score (nSPS) is 10.9. The van der Waals surface area contributed by atoms with E-state index in [2.05, 4.69) is 20.8 Å². The van der Waals surface area contributed by atoms with Gasteiger partial charge in [-0.1, -0.05) is 115 Å². The van der Waals surface area contributed by atoms with Gasteiger partial charge in [-0.15, -0.1) is 0 Å². The van der Waals surface area contributed by atoms with Crippen LogP contribution in [0.3, 0.4) is 0 Å². The van der Waals surface area contributed by atoms with E-state index in [0.717, 1.165) is 72.5 Å². The van der Waals surface area contributed by atoms with E-state index in [9.17, 15) is 9.90 Å². The summed E-state index contributed by atoms with van der Waals surface area (Å²) in [6.45, 7) is 9.25. The molecule has 8 nitrogen and oxygen atoms in total. The van der Waals surface area contributed by atoms with Gasteiger partial charge < -0.3 is 33.5 Å². The second-order valence-corrected chi connectivity index (χ2v) is 13.6. The molecule has 1 N–H and O–H groups in total. The highest BCUT2D eigenvalue weighted by Gasteiger charge is 2.20. The number of unbranched alkanes of at least 4 members (excludes halogenated alkanes) is 9. The van der Waals surface area contributed by atoms with Gasteiger partial charge in [-0.25, -0.2) is 4.79 Å². The zero-order valence-corrected chi connectivity index (χ0v) is 32.6. The van der Waals surface area contributed by atoms with E-state index >= 15 is 0 Å². The maximum atomic E-state index is 12.3. The lowest BCUT2D eigenvalue weighted by Gasteiger charge is -2.19. The molecule has 4 rings (SSSR count). The van der Waals surface area contributed by atoms with Crippen LogP contribution in [0, 0.1) is 0 Å². The first kappa shape index (κ1) is 41.9. The maximum absolute atomic E-state index is 12.3. The van der Waals surface area contributed by atoms with Crippen LogP contribution in [0.25, 0.3) is 0 Å². The van der Waals surface area contributed by atoms with Crippen LogP contribution in [0.15, 0.2) is 84.9 Å². The van der Waals surface area contributed by atoms with Crippen molar-refractivity contribution in [2.45, 2.75) is 118 Å². The Bertz CT molecular complexity index is 1530. The van der Waals surface area contributed by atoms with Crippen LogP contribution >= 0.6 is 0 Å². The van der Waals surface area contributed by atoms with Crippen molar-refractivity contribution in [1.82, 2.24) is 0 Å². The topological polar surface area (TPSA) is 92.7 Å². The van der Waals surface area contributed by atoms with E-state index in [4.69, 9.17) is 28.4 Å². The highest BCUT2D eigenvalue weighted by Crippen LogP contribution is 2.40. The van der Waals surface area contributed by atoms with Crippen LogP contribution in [0.2, 0.25) is 0 Å². The minimum absolute atomic E-state index is 0.0337. The van der Waals surface area contributed by atoms with Gasteiger partial charge in [0, 0.05) is 0 Å². The lowest BCUT2D eigenvalue weighted by atomic mass is 10.1. The first-order chi connectivity index (χ1) is 26.5. The zero-order chi connectivity index (χ0) is 38.2. The van der Waals surface area contributed by atoms with Crippen molar-refractivity contribution in [3.8, 4) is 34.5 Å². The molecule has 0 radical (unpaired) electrons. The van der Waals surface area contributed by atoms with E-state index in [-0.39, 0.29) is 36.9 Å². The summed E-state index contributed by atoms with van der Waals surface area (Å²) in [5.74, 6) is 2.22. The molecule has 0 aromatic heterocycles. The van der Waals surface area contributed by atoms with Gasteiger partial charge in [0.1, 0.15) is 37.1 Å². The number of benzene rings is 4. The van der Waals surface area contributed by atoms with Crippen molar-refractivity contribution in [1.29, 1.82) is 0 Å². The average Bonchev–Trinajstić information content (AvgIpc) is 3.19. The second-order valence-electron chi connectivity index (χ2n) is 13.6. The quantitative estimate of drug-likeness (QED) is 0.0575. The van der Waals surface area contributed by atoms with Gasteiger partial charge >= 0.3 is 5.97 Å². The lowest BCUT2D eigenvalue weighted by Crippen LogP contribution is -2.07. The van der Waals surface area contributed by atoms with Gasteiger partial charge in [-0.2, -0.15) is 0 Å². The minimum Gasteiger partial charge on any atom is -0.494 e. The summed E-state index contributed by atoms with van der Waals surface area (Å²) in [7, 11) is 0. The van der Waals surface area contributed by atoms with Crippen LogP contribution in [0.5, 0.6) is 34.5 Å². The summed E-state index contributed by atoms with van der Waals surface area (Å²) < 4.78 is 36.7. The van der Waals surface area contributed by atoms with Crippen molar-refractivity contribution < 1.29 is 38.3 Å². The standard InChI is InChI=1S/C46H60O8/c1-4-7-10-13-28-49-40-22-16-36(17-23-40)33-52-43-31-39(46(47)48)32-44(53-34-37-18-24-41(25-19-37)50-29-14-11-8-5-2)45(43)54-35-38-20-26-42(27-21-38)51-30-15-12-9-6-3/h16-27,31-32H,4-15,28-30,33-35H2,1-3H3,(H,47,48).